The Morgan fingerprint density at radius 1 is 1.00 bits per heavy atom. The van der Waals surface area contributed by atoms with Gasteiger partial charge in [-0.15, -0.1) is 12.4 Å². The Bertz CT molecular complexity index is 429. The van der Waals surface area contributed by atoms with Crippen LogP contribution in [0.1, 0.15) is 32.1 Å². The Morgan fingerprint density at radius 2 is 1.67 bits per heavy atom. The van der Waals surface area contributed by atoms with Gasteiger partial charge in [-0.2, -0.15) is 13.2 Å². The predicted octanol–water partition coefficient (Wildman–Crippen LogP) is 2.28. The van der Waals surface area contributed by atoms with Crippen LogP contribution in [0.4, 0.5) is 13.2 Å². The Labute approximate surface area is 147 Å². The maximum absolute atomic E-state index is 13.2. The maximum Gasteiger partial charge on any atom is 0.392 e. The molecule has 3 fully saturated rings. The molecular weight excluding hydrogens is 343 g/mol. The van der Waals surface area contributed by atoms with Gasteiger partial charge in [0.1, 0.15) is 0 Å². The lowest BCUT2D eigenvalue weighted by atomic mass is 9.78. The number of halogens is 4. The zero-order valence-electron chi connectivity index (χ0n) is 13.9. The van der Waals surface area contributed by atoms with E-state index in [0.29, 0.717) is 32.0 Å². The summed E-state index contributed by atoms with van der Waals surface area (Å²) in [6, 6.07) is 0.314. The van der Waals surface area contributed by atoms with Gasteiger partial charge in [-0.25, -0.2) is 0 Å². The van der Waals surface area contributed by atoms with E-state index in [1.807, 2.05) is 0 Å². The molecule has 0 aromatic rings. The van der Waals surface area contributed by atoms with Gasteiger partial charge < -0.3 is 10.2 Å². The van der Waals surface area contributed by atoms with E-state index in [4.69, 9.17) is 0 Å². The summed E-state index contributed by atoms with van der Waals surface area (Å²) < 4.78 is 39.7. The molecule has 1 N–H and O–H groups in total. The third kappa shape index (κ3) is 4.35. The first-order valence-electron chi connectivity index (χ1n) is 8.77. The van der Waals surface area contributed by atoms with Crippen molar-refractivity contribution in [3.8, 4) is 0 Å². The van der Waals surface area contributed by atoms with Crippen LogP contribution in [0.3, 0.4) is 0 Å². The first-order chi connectivity index (χ1) is 11.0. The minimum absolute atomic E-state index is 0. The topological polar surface area (TPSA) is 35.6 Å². The maximum atomic E-state index is 13.2. The molecule has 0 radical (unpaired) electrons. The second kappa shape index (κ2) is 8.23. The number of alkyl halides is 3. The average molecular weight is 370 g/mol. The van der Waals surface area contributed by atoms with Crippen molar-refractivity contribution in [1.82, 2.24) is 15.1 Å². The summed E-state index contributed by atoms with van der Waals surface area (Å²) in [5, 5.41) is 3.30. The number of nitrogens with zero attached hydrogens (tertiary/aromatic N) is 2. The van der Waals surface area contributed by atoms with Crippen LogP contribution < -0.4 is 5.32 Å². The quantitative estimate of drug-likeness (QED) is 0.811. The summed E-state index contributed by atoms with van der Waals surface area (Å²) in [7, 11) is 0. The van der Waals surface area contributed by atoms with E-state index < -0.39 is 18.0 Å². The molecule has 0 aromatic heterocycles. The molecule has 1 saturated carbocycles. The third-order valence-electron chi connectivity index (χ3n) is 5.65. The van der Waals surface area contributed by atoms with Gasteiger partial charge >= 0.3 is 6.18 Å². The van der Waals surface area contributed by atoms with Gasteiger partial charge in [-0.1, -0.05) is 12.8 Å². The molecule has 1 aliphatic carbocycles. The first kappa shape index (κ1) is 19.8. The van der Waals surface area contributed by atoms with E-state index in [0.717, 1.165) is 39.0 Å². The van der Waals surface area contributed by atoms with Gasteiger partial charge in [0.25, 0.3) is 0 Å². The zero-order chi connectivity index (χ0) is 16.4. The highest BCUT2D eigenvalue weighted by atomic mass is 35.5. The number of carbonyl (C=O) groups excluding carboxylic acids is 1. The van der Waals surface area contributed by atoms with Gasteiger partial charge in [-0.05, 0) is 19.3 Å². The SMILES string of the molecule is Cl.O=C(C1CCCCC1C(F)(F)F)N1CCC(N2CCNCC2)C1. The number of rotatable bonds is 2. The van der Waals surface area contributed by atoms with E-state index >= 15 is 0 Å². The molecule has 0 bridgehead atoms. The fraction of sp³-hybridized carbons (Fsp3) is 0.938. The lowest BCUT2D eigenvalue weighted by Crippen LogP contribution is -2.50. The second-order valence-electron chi connectivity index (χ2n) is 7.05. The molecule has 140 valence electrons. The fourth-order valence-electron chi connectivity index (χ4n) is 4.34. The van der Waals surface area contributed by atoms with Crippen LogP contribution in [-0.2, 0) is 4.79 Å². The van der Waals surface area contributed by atoms with E-state index in [-0.39, 0.29) is 24.7 Å². The van der Waals surface area contributed by atoms with Crippen LogP contribution in [0.5, 0.6) is 0 Å². The molecule has 1 amide bonds. The normalized spacial score (nSPS) is 32.5. The Morgan fingerprint density at radius 3 is 2.33 bits per heavy atom. The van der Waals surface area contributed by atoms with Crippen molar-refractivity contribution < 1.29 is 18.0 Å². The molecule has 2 heterocycles. The minimum Gasteiger partial charge on any atom is -0.341 e. The largest absolute Gasteiger partial charge is 0.392 e. The van der Waals surface area contributed by atoms with Crippen molar-refractivity contribution in [1.29, 1.82) is 0 Å². The van der Waals surface area contributed by atoms with Crippen molar-refractivity contribution in [2.45, 2.75) is 44.3 Å². The summed E-state index contributed by atoms with van der Waals surface area (Å²) in [4.78, 5) is 16.7. The number of carbonyl (C=O) groups is 1. The predicted molar refractivity (Wildman–Crippen MR) is 88.2 cm³/mol. The number of hydrogen-bond donors (Lipinski definition) is 1. The van der Waals surface area contributed by atoms with Crippen molar-refractivity contribution in [2.24, 2.45) is 11.8 Å². The third-order valence-corrected chi connectivity index (χ3v) is 5.65. The molecule has 3 atom stereocenters. The molecule has 2 saturated heterocycles. The monoisotopic (exact) mass is 369 g/mol. The van der Waals surface area contributed by atoms with E-state index in [1.54, 1.807) is 4.90 Å². The van der Waals surface area contributed by atoms with Gasteiger partial charge in [0.2, 0.25) is 5.91 Å². The molecular formula is C16H27ClF3N3O. The Kier molecular flexibility index (Phi) is 6.79. The number of likely N-dealkylation sites (tertiary alicyclic amines) is 1. The summed E-state index contributed by atoms with van der Waals surface area (Å²) in [5.74, 6) is -2.56. The van der Waals surface area contributed by atoms with Crippen molar-refractivity contribution >= 4 is 18.3 Å². The van der Waals surface area contributed by atoms with Gasteiger partial charge in [0.05, 0.1) is 5.92 Å². The fourth-order valence-corrected chi connectivity index (χ4v) is 4.34. The minimum atomic E-state index is -4.25. The highest BCUT2D eigenvalue weighted by molar-refractivity contribution is 5.85. The van der Waals surface area contributed by atoms with Gasteiger partial charge in [0.15, 0.2) is 0 Å². The molecule has 3 aliphatic rings. The van der Waals surface area contributed by atoms with E-state index in [2.05, 4.69) is 10.2 Å². The molecule has 4 nitrogen and oxygen atoms in total. The highest BCUT2D eigenvalue weighted by Gasteiger charge is 2.49. The molecule has 8 heteroatoms. The smallest absolute Gasteiger partial charge is 0.341 e. The van der Waals surface area contributed by atoms with Crippen molar-refractivity contribution in [2.75, 3.05) is 39.3 Å². The molecule has 0 spiro atoms. The summed E-state index contributed by atoms with van der Waals surface area (Å²) >= 11 is 0. The number of nitrogens with one attached hydrogen (secondary N) is 1. The Balaban J connectivity index is 0.00000208. The Hall–Kier alpha value is -0.530. The number of amides is 1. The van der Waals surface area contributed by atoms with Gasteiger partial charge in [-0.3, -0.25) is 9.69 Å². The molecule has 2 aliphatic heterocycles. The van der Waals surface area contributed by atoms with Crippen LogP contribution >= 0.6 is 12.4 Å². The number of hydrogen-bond acceptors (Lipinski definition) is 3. The van der Waals surface area contributed by atoms with Crippen LogP contribution in [0.15, 0.2) is 0 Å². The lowest BCUT2D eigenvalue weighted by molar-refractivity contribution is -0.200. The van der Waals surface area contributed by atoms with E-state index in [1.165, 1.54) is 0 Å². The van der Waals surface area contributed by atoms with Crippen molar-refractivity contribution in [3.63, 3.8) is 0 Å². The number of piperazine rings is 1. The summed E-state index contributed by atoms with van der Waals surface area (Å²) in [5.41, 5.74) is 0. The molecule has 3 rings (SSSR count). The van der Waals surface area contributed by atoms with Crippen molar-refractivity contribution in [3.05, 3.63) is 0 Å². The second-order valence-corrected chi connectivity index (χ2v) is 7.05. The van der Waals surface area contributed by atoms with Crippen LogP contribution in [0.2, 0.25) is 0 Å². The van der Waals surface area contributed by atoms with Gasteiger partial charge in [0, 0.05) is 51.2 Å². The van der Waals surface area contributed by atoms with E-state index in [9.17, 15) is 18.0 Å². The lowest BCUT2D eigenvalue weighted by Gasteiger charge is -2.35. The average Bonchev–Trinajstić information content (AvgIpc) is 3.04. The zero-order valence-corrected chi connectivity index (χ0v) is 14.7. The molecule has 24 heavy (non-hydrogen) atoms. The first-order valence-corrected chi connectivity index (χ1v) is 8.77. The standard InChI is InChI=1S/C16H26F3N3O.ClH/c17-16(18,19)14-4-2-1-3-13(14)15(23)22-8-5-12(11-22)21-9-6-20-7-10-21;/h12-14,20H,1-11H2;1H. The highest BCUT2D eigenvalue weighted by Crippen LogP contribution is 2.42. The van der Waals surface area contributed by atoms with Crippen LogP contribution in [-0.4, -0.2) is 67.2 Å². The summed E-state index contributed by atoms with van der Waals surface area (Å²) in [6.07, 6.45) is -1.56. The van der Waals surface area contributed by atoms with Crippen LogP contribution in [0.25, 0.3) is 0 Å². The summed E-state index contributed by atoms with van der Waals surface area (Å²) in [6.45, 7) is 5.02. The molecule has 0 aromatic carbocycles. The van der Waals surface area contributed by atoms with Crippen LogP contribution in [0, 0.1) is 11.8 Å². The molecule has 3 unspecified atom stereocenters.